The zero-order valence-corrected chi connectivity index (χ0v) is 15.1. The van der Waals surface area contributed by atoms with E-state index in [2.05, 4.69) is 10.3 Å². The van der Waals surface area contributed by atoms with E-state index in [1.54, 1.807) is 6.07 Å². The monoisotopic (exact) mass is 354 g/mol. The lowest BCUT2D eigenvalue weighted by Crippen LogP contribution is -2.54. The van der Waals surface area contributed by atoms with Crippen molar-refractivity contribution in [2.45, 2.75) is 57.7 Å². The van der Waals surface area contributed by atoms with Crippen LogP contribution in [-0.4, -0.2) is 27.5 Å². The first kappa shape index (κ1) is 17.2. The number of fused-ring (bicyclic) bond motifs is 3. The van der Waals surface area contributed by atoms with Gasteiger partial charge in [0.05, 0.1) is 17.2 Å². The number of hydrogen-bond donors (Lipinski definition) is 2. The Morgan fingerprint density at radius 1 is 1.31 bits per heavy atom. The zero-order chi connectivity index (χ0) is 18.3. The summed E-state index contributed by atoms with van der Waals surface area (Å²) < 4.78 is 1.40. The highest BCUT2D eigenvalue weighted by atomic mass is 16.2. The Bertz CT molecular complexity index is 877. The number of nitrogens with one attached hydrogen (secondary N) is 1. The van der Waals surface area contributed by atoms with Crippen molar-refractivity contribution in [2.75, 3.05) is 0 Å². The first-order chi connectivity index (χ1) is 12.5. The van der Waals surface area contributed by atoms with Gasteiger partial charge in [0.1, 0.15) is 6.54 Å². The minimum Gasteiger partial charge on any atom is -0.351 e. The number of aryl methyl sites for hydroxylation is 1. The first-order valence-electron chi connectivity index (χ1n) is 9.52. The van der Waals surface area contributed by atoms with E-state index < -0.39 is 0 Å². The van der Waals surface area contributed by atoms with Crippen LogP contribution in [0.15, 0.2) is 29.3 Å². The Morgan fingerprint density at radius 2 is 2.04 bits per heavy atom. The van der Waals surface area contributed by atoms with E-state index in [1.807, 2.05) is 19.1 Å². The van der Waals surface area contributed by atoms with Crippen molar-refractivity contribution in [3.05, 3.63) is 40.4 Å². The topological polar surface area (TPSA) is 90.0 Å². The van der Waals surface area contributed by atoms with Crippen molar-refractivity contribution >= 4 is 16.8 Å². The molecule has 1 heterocycles. The molecule has 1 aromatic heterocycles. The number of amides is 1. The van der Waals surface area contributed by atoms with Gasteiger partial charge in [-0.1, -0.05) is 18.6 Å². The van der Waals surface area contributed by atoms with Crippen LogP contribution in [0.1, 0.15) is 37.7 Å². The van der Waals surface area contributed by atoms with Crippen LogP contribution in [0, 0.1) is 18.8 Å². The molecule has 6 heteroatoms. The molecule has 2 bridgehead atoms. The van der Waals surface area contributed by atoms with Crippen molar-refractivity contribution in [1.29, 1.82) is 0 Å². The van der Waals surface area contributed by atoms with Crippen LogP contribution in [0.2, 0.25) is 0 Å². The fourth-order valence-corrected chi connectivity index (χ4v) is 4.86. The first-order valence-corrected chi connectivity index (χ1v) is 9.52. The molecule has 0 aliphatic heterocycles. The van der Waals surface area contributed by atoms with Gasteiger partial charge in [0, 0.05) is 12.1 Å². The summed E-state index contributed by atoms with van der Waals surface area (Å²) in [7, 11) is 0. The predicted octanol–water partition coefficient (Wildman–Crippen LogP) is 1.73. The second kappa shape index (κ2) is 6.83. The van der Waals surface area contributed by atoms with Crippen molar-refractivity contribution < 1.29 is 4.79 Å². The van der Waals surface area contributed by atoms with E-state index in [0.29, 0.717) is 22.7 Å². The number of para-hydroxylation sites is 1. The molecule has 6 nitrogen and oxygen atoms in total. The number of aromatic nitrogens is 2. The van der Waals surface area contributed by atoms with Gasteiger partial charge in [-0.25, -0.2) is 4.98 Å². The Balaban J connectivity index is 1.51. The van der Waals surface area contributed by atoms with Crippen LogP contribution < -0.4 is 16.6 Å². The molecule has 0 spiro atoms. The molecule has 1 amide bonds. The van der Waals surface area contributed by atoms with E-state index in [9.17, 15) is 9.59 Å². The molecule has 2 aromatic rings. The summed E-state index contributed by atoms with van der Waals surface area (Å²) in [4.78, 5) is 29.7. The number of nitrogens with two attached hydrogens (primary N) is 1. The van der Waals surface area contributed by atoms with Crippen LogP contribution in [0.3, 0.4) is 0 Å². The lowest BCUT2D eigenvalue weighted by atomic mass is 9.67. The van der Waals surface area contributed by atoms with Crippen LogP contribution in [0.5, 0.6) is 0 Å². The lowest BCUT2D eigenvalue weighted by Gasteiger charge is -2.45. The third-order valence-corrected chi connectivity index (χ3v) is 6.07. The van der Waals surface area contributed by atoms with Crippen LogP contribution >= 0.6 is 0 Å². The van der Waals surface area contributed by atoms with Gasteiger partial charge in [-0.2, -0.15) is 0 Å². The average Bonchev–Trinajstić information content (AvgIpc) is 2.59. The summed E-state index contributed by atoms with van der Waals surface area (Å²) in [6.45, 7) is 1.94. The van der Waals surface area contributed by atoms with Gasteiger partial charge in [0.15, 0.2) is 0 Å². The molecule has 26 heavy (non-hydrogen) atoms. The molecule has 2 fully saturated rings. The highest BCUT2D eigenvalue weighted by Gasteiger charge is 2.39. The highest BCUT2D eigenvalue weighted by molar-refractivity contribution is 5.81. The summed E-state index contributed by atoms with van der Waals surface area (Å²) in [5.41, 5.74) is 7.65. The van der Waals surface area contributed by atoms with Crippen LogP contribution in [0.25, 0.3) is 10.9 Å². The maximum Gasteiger partial charge on any atom is 0.261 e. The van der Waals surface area contributed by atoms with E-state index in [4.69, 9.17) is 5.73 Å². The quantitative estimate of drug-likeness (QED) is 0.878. The zero-order valence-electron chi connectivity index (χ0n) is 15.1. The number of benzene rings is 1. The van der Waals surface area contributed by atoms with Gasteiger partial charge in [-0.05, 0) is 56.1 Å². The summed E-state index contributed by atoms with van der Waals surface area (Å²) >= 11 is 0. The van der Waals surface area contributed by atoms with Gasteiger partial charge in [0.25, 0.3) is 5.56 Å². The van der Waals surface area contributed by atoms with E-state index in [-0.39, 0.29) is 30.1 Å². The Hall–Kier alpha value is -2.21. The third-order valence-electron chi connectivity index (χ3n) is 6.07. The molecule has 2 atom stereocenters. The van der Waals surface area contributed by atoms with E-state index in [1.165, 1.54) is 17.3 Å². The molecule has 2 unspecified atom stereocenters. The Labute approximate surface area is 152 Å². The van der Waals surface area contributed by atoms with Crippen molar-refractivity contribution in [3.63, 3.8) is 0 Å². The summed E-state index contributed by atoms with van der Waals surface area (Å²) in [6, 6.07) is 5.99. The van der Waals surface area contributed by atoms with Crippen molar-refractivity contribution in [2.24, 2.45) is 17.6 Å². The lowest BCUT2D eigenvalue weighted by molar-refractivity contribution is -0.124. The van der Waals surface area contributed by atoms with Crippen molar-refractivity contribution in [1.82, 2.24) is 14.9 Å². The third kappa shape index (κ3) is 3.14. The SMILES string of the molecule is Cc1cccc2c(=O)n(CC(=O)NC3C4CCCC3CC(N)C4)cnc12. The van der Waals surface area contributed by atoms with Gasteiger partial charge in [-0.15, -0.1) is 0 Å². The Kier molecular flexibility index (Phi) is 4.53. The maximum atomic E-state index is 12.7. The van der Waals surface area contributed by atoms with Crippen LogP contribution in [-0.2, 0) is 11.3 Å². The van der Waals surface area contributed by atoms with Gasteiger partial charge < -0.3 is 11.1 Å². The number of rotatable bonds is 3. The van der Waals surface area contributed by atoms with Gasteiger partial charge >= 0.3 is 0 Å². The second-order valence-electron chi connectivity index (χ2n) is 7.92. The molecular formula is C20H26N4O2. The fourth-order valence-electron chi connectivity index (χ4n) is 4.86. The minimum absolute atomic E-state index is 0.0116. The maximum absolute atomic E-state index is 12.7. The standard InChI is InChI=1S/C20H26N4O2/c1-12-4-2-7-16-18(12)22-11-24(20(16)26)10-17(25)23-19-13-5-3-6-14(19)9-15(21)8-13/h2,4,7,11,13-15,19H,3,5-6,8-10,21H2,1H3,(H,23,25). The molecule has 1 aromatic carbocycles. The second-order valence-corrected chi connectivity index (χ2v) is 7.92. The summed E-state index contributed by atoms with van der Waals surface area (Å²) in [6.07, 6.45) is 6.94. The molecule has 0 radical (unpaired) electrons. The highest BCUT2D eigenvalue weighted by Crippen LogP contribution is 2.39. The largest absolute Gasteiger partial charge is 0.351 e. The van der Waals surface area contributed by atoms with Crippen LogP contribution in [0.4, 0.5) is 0 Å². The molecule has 0 saturated heterocycles. The van der Waals surface area contributed by atoms with Gasteiger partial charge in [0.2, 0.25) is 5.91 Å². The molecule has 2 saturated carbocycles. The number of carbonyl (C=O) groups is 1. The number of nitrogens with zero attached hydrogens (tertiary/aromatic N) is 2. The van der Waals surface area contributed by atoms with E-state index in [0.717, 1.165) is 31.2 Å². The van der Waals surface area contributed by atoms with Crippen molar-refractivity contribution in [3.8, 4) is 0 Å². The minimum atomic E-state index is -0.167. The molecule has 2 aliphatic carbocycles. The molecule has 138 valence electrons. The number of carbonyl (C=O) groups excluding carboxylic acids is 1. The fraction of sp³-hybridized carbons (Fsp3) is 0.550. The average molecular weight is 354 g/mol. The summed E-state index contributed by atoms with van der Waals surface area (Å²) in [5, 5.41) is 3.75. The number of hydrogen-bond acceptors (Lipinski definition) is 4. The molecule has 4 rings (SSSR count). The molecular weight excluding hydrogens is 328 g/mol. The molecule has 3 N–H and O–H groups in total. The van der Waals surface area contributed by atoms with Gasteiger partial charge in [-0.3, -0.25) is 14.2 Å². The predicted molar refractivity (Wildman–Crippen MR) is 101 cm³/mol. The van der Waals surface area contributed by atoms with E-state index >= 15 is 0 Å². The summed E-state index contributed by atoms with van der Waals surface area (Å²) in [5.74, 6) is 0.823. The smallest absolute Gasteiger partial charge is 0.261 e. The normalized spacial score (nSPS) is 28.1. The Morgan fingerprint density at radius 3 is 2.77 bits per heavy atom. The molecule has 2 aliphatic rings.